The van der Waals surface area contributed by atoms with Crippen molar-refractivity contribution in [2.45, 2.75) is 6.54 Å². The van der Waals surface area contributed by atoms with Crippen molar-refractivity contribution in [3.63, 3.8) is 0 Å². The molecule has 1 aromatic carbocycles. The Hall–Kier alpha value is -3.05. The lowest BCUT2D eigenvalue weighted by atomic mass is 10.3. The van der Waals surface area contributed by atoms with Crippen molar-refractivity contribution >= 4 is 40.2 Å². The monoisotopic (exact) mass is 420 g/mol. The molecular formula is C17H15ClF2N8O. The number of fused-ring (bicyclic) bond motifs is 2. The van der Waals surface area contributed by atoms with Crippen LogP contribution in [-0.2, 0) is 11.3 Å². The van der Waals surface area contributed by atoms with Gasteiger partial charge in [0.25, 0.3) is 0 Å². The highest BCUT2D eigenvalue weighted by Gasteiger charge is 2.19. The molecule has 9 nitrogen and oxygen atoms in total. The number of nitrogens with one attached hydrogen (secondary N) is 2. The number of H-pyrrole nitrogens is 1. The third-order valence-corrected chi connectivity index (χ3v) is 4.88. The highest BCUT2D eigenvalue weighted by molar-refractivity contribution is 6.33. The van der Waals surface area contributed by atoms with Gasteiger partial charge in [0.1, 0.15) is 16.4 Å². The van der Waals surface area contributed by atoms with E-state index in [1.165, 1.54) is 16.8 Å². The number of aromatic nitrogens is 6. The molecule has 0 amide bonds. The SMILES string of the molecule is Fc1ccc2[nH]c(CNc3nc(N4CCOCC4)nc4c(Cl)cnn34)nc2c1F. The molecular weight excluding hydrogens is 406 g/mol. The molecule has 4 heterocycles. The molecule has 0 saturated carbocycles. The Morgan fingerprint density at radius 2 is 2.00 bits per heavy atom. The molecule has 12 heteroatoms. The minimum Gasteiger partial charge on any atom is -0.378 e. The van der Waals surface area contributed by atoms with Crippen molar-refractivity contribution in [3.8, 4) is 0 Å². The second-order valence-corrected chi connectivity index (χ2v) is 6.88. The van der Waals surface area contributed by atoms with Crippen LogP contribution >= 0.6 is 11.6 Å². The maximum absolute atomic E-state index is 13.9. The molecule has 150 valence electrons. The largest absolute Gasteiger partial charge is 0.378 e. The van der Waals surface area contributed by atoms with Crippen LogP contribution in [0.15, 0.2) is 18.3 Å². The summed E-state index contributed by atoms with van der Waals surface area (Å²) in [6.07, 6.45) is 1.49. The molecule has 0 atom stereocenters. The normalized spacial score (nSPS) is 14.8. The molecule has 0 bridgehead atoms. The summed E-state index contributed by atoms with van der Waals surface area (Å²) in [7, 11) is 0. The van der Waals surface area contributed by atoms with E-state index in [2.05, 4.69) is 30.4 Å². The molecule has 0 radical (unpaired) electrons. The highest BCUT2D eigenvalue weighted by atomic mass is 35.5. The van der Waals surface area contributed by atoms with E-state index in [4.69, 9.17) is 16.3 Å². The standard InChI is InChI=1S/C17H15ClF2N8O/c18-9-7-22-28-15(9)25-17(27-3-5-29-6-4-27)26-16(28)21-8-12-23-11-2-1-10(19)13(20)14(11)24-12/h1-2,7H,3-6,8H2,(H,23,24)(H,21,25,26). The van der Waals surface area contributed by atoms with Gasteiger partial charge in [-0.05, 0) is 12.1 Å². The highest BCUT2D eigenvalue weighted by Crippen LogP contribution is 2.22. The van der Waals surface area contributed by atoms with Gasteiger partial charge in [0, 0.05) is 13.1 Å². The van der Waals surface area contributed by atoms with E-state index in [1.54, 1.807) is 0 Å². The quantitative estimate of drug-likeness (QED) is 0.523. The average Bonchev–Trinajstić information content (AvgIpc) is 3.34. The van der Waals surface area contributed by atoms with Crippen molar-refractivity contribution in [3.05, 3.63) is 40.8 Å². The third-order valence-electron chi connectivity index (χ3n) is 4.62. The zero-order chi connectivity index (χ0) is 20.0. The van der Waals surface area contributed by atoms with Gasteiger partial charge in [-0.25, -0.2) is 13.8 Å². The molecule has 1 aliphatic heterocycles. The van der Waals surface area contributed by atoms with Crippen LogP contribution in [-0.4, -0.2) is 55.9 Å². The second-order valence-electron chi connectivity index (χ2n) is 6.47. The molecule has 5 rings (SSSR count). The first-order valence-electron chi connectivity index (χ1n) is 8.90. The van der Waals surface area contributed by atoms with Gasteiger partial charge < -0.3 is 19.9 Å². The number of rotatable bonds is 4. The van der Waals surface area contributed by atoms with Crippen molar-refractivity contribution in [1.29, 1.82) is 0 Å². The molecule has 0 spiro atoms. The molecule has 2 N–H and O–H groups in total. The predicted molar refractivity (Wildman–Crippen MR) is 102 cm³/mol. The summed E-state index contributed by atoms with van der Waals surface area (Å²) in [6.45, 7) is 2.68. The Morgan fingerprint density at radius 3 is 2.83 bits per heavy atom. The molecule has 1 saturated heterocycles. The van der Waals surface area contributed by atoms with Gasteiger partial charge in [-0.15, -0.1) is 0 Å². The van der Waals surface area contributed by atoms with E-state index in [9.17, 15) is 8.78 Å². The number of nitrogens with zero attached hydrogens (tertiary/aromatic N) is 6. The number of halogens is 3. The van der Waals surface area contributed by atoms with E-state index >= 15 is 0 Å². The van der Waals surface area contributed by atoms with E-state index in [-0.39, 0.29) is 12.1 Å². The molecule has 3 aromatic heterocycles. The summed E-state index contributed by atoms with van der Waals surface area (Å²) in [5.41, 5.74) is 0.818. The topological polar surface area (TPSA) is 96.3 Å². The third kappa shape index (κ3) is 3.21. The second kappa shape index (κ2) is 7.08. The van der Waals surface area contributed by atoms with Crippen LogP contribution < -0.4 is 10.2 Å². The van der Waals surface area contributed by atoms with Crippen LogP contribution in [0.1, 0.15) is 5.82 Å². The fraction of sp³-hybridized carbons (Fsp3) is 0.294. The molecule has 0 aliphatic carbocycles. The Bertz CT molecular complexity index is 1200. The van der Waals surface area contributed by atoms with Crippen LogP contribution in [0.4, 0.5) is 20.7 Å². The number of aromatic amines is 1. The number of hydrogen-bond donors (Lipinski definition) is 2. The smallest absolute Gasteiger partial charge is 0.230 e. The molecule has 0 unspecified atom stereocenters. The van der Waals surface area contributed by atoms with Gasteiger partial charge in [-0.2, -0.15) is 19.6 Å². The Balaban J connectivity index is 1.47. The lowest BCUT2D eigenvalue weighted by Gasteiger charge is -2.27. The van der Waals surface area contributed by atoms with Crippen molar-refractivity contribution in [1.82, 2.24) is 29.5 Å². The van der Waals surface area contributed by atoms with Crippen molar-refractivity contribution in [2.24, 2.45) is 0 Å². The minimum atomic E-state index is -0.983. The van der Waals surface area contributed by atoms with Gasteiger partial charge in [-0.1, -0.05) is 11.6 Å². The first-order valence-corrected chi connectivity index (χ1v) is 9.28. The Labute approximate surface area is 167 Å². The maximum atomic E-state index is 13.9. The van der Waals surface area contributed by atoms with Gasteiger partial charge in [-0.3, -0.25) is 0 Å². The zero-order valence-electron chi connectivity index (χ0n) is 15.0. The van der Waals surface area contributed by atoms with Crippen LogP contribution in [0.3, 0.4) is 0 Å². The van der Waals surface area contributed by atoms with E-state index in [0.717, 1.165) is 6.07 Å². The summed E-state index contributed by atoms with van der Waals surface area (Å²) in [5, 5.41) is 7.71. The molecule has 4 aromatic rings. The molecule has 1 aliphatic rings. The van der Waals surface area contributed by atoms with Crippen molar-refractivity contribution in [2.75, 3.05) is 36.5 Å². The van der Waals surface area contributed by atoms with Gasteiger partial charge in [0.2, 0.25) is 11.9 Å². The number of anilines is 2. The number of hydrogen-bond acceptors (Lipinski definition) is 7. The lowest BCUT2D eigenvalue weighted by molar-refractivity contribution is 0.122. The summed E-state index contributed by atoms with van der Waals surface area (Å²) in [6, 6.07) is 2.50. The maximum Gasteiger partial charge on any atom is 0.230 e. The van der Waals surface area contributed by atoms with Crippen molar-refractivity contribution < 1.29 is 13.5 Å². The van der Waals surface area contributed by atoms with Crippen LogP contribution in [0.2, 0.25) is 5.02 Å². The van der Waals surface area contributed by atoms with Gasteiger partial charge in [0.05, 0.1) is 31.5 Å². The number of imidazole rings is 1. The first kappa shape index (κ1) is 18.0. The molecule has 29 heavy (non-hydrogen) atoms. The molecule has 1 fully saturated rings. The average molecular weight is 421 g/mol. The van der Waals surface area contributed by atoms with E-state index in [1.807, 2.05) is 4.90 Å². The Morgan fingerprint density at radius 1 is 1.17 bits per heavy atom. The first-order chi connectivity index (χ1) is 14.1. The van der Waals surface area contributed by atoms with Gasteiger partial charge in [0.15, 0.2) is 17.3 Å². The Kier molecular flexibility index (Phi) is 4.40. The van der Waals surface area contributed by atoms with Gasteiger partial charge >= 0.3 is 0 Å². The fourth-order valence-electron chi connectivity index (χ4n) is 3.17. The van der Waals surface area contributed by atoms with Crippen LogP contribution in [0.5, 0.6) is 0 Å². The zero-order valence-corrected chi connectivity index (χ0v) is 15.7. The number of ether oxygens (including phenoxy) is 1. The summed E-state index contributed by atoms with van der Waals surface area (Å²) in [4.78, 5) is 18.1. The summed E-state index contributed by atoms with van der Waals surface area (Å²) in [5.74, 6) is -0.605. The predicted octanol–water partition coefficient (Wildman–Crippen LogP) is 2.38. The lowest BCUT2D eigenvalue weighted by Crippen LogP contribution is -2.37. The fourth-order valence-corrected chi connectivity index (χ4v) is 3.34. The number of morpholine rings is 1. The van der Waals surface area contributed by atoms with E-state index < -0.39 is 11.6 Å². The van der Waals surface area contributed by atoms with Crippen LogP contribution in [0, 0.1) is 11.6 Å². The summed E-state index contributed by atoms with van der Waals surface area (Å²) >= 11 is 6.22. The minimum absolute atomic E-state index is 0.0502. The van der Waals surface area contributed by atoms with E-state index in [0.29, 0.717) is 60.2 Å². The number of benzene rings is 1. The summed E-state index contributed by atoms with van der Waals surface area (Å²) < 4.78 is 34.2. The van der Waals surface area contributed by atoms with Crippen LogP contribution in [0.25, 0.3) is 16.7 Å².